The molecule has 1 N–H and O–H groups in total. The van der Waals surface area contributed by atoms with Gasteiger partial charge in [-0.2, -0.15) is 0 Å². The molecule has 1 atom stereocenters. The maximum Gasteiger partial charge on any atom is 0.724 e. The van der Waals surface area contributed by atoms with Gasteiger partial charge in [0.15, 0.2) is 10.5 Å². The highest BCUT2D eigenvalue weighted by atomic mass is 31.1. The minimum Gasteiger partial charge on any atom is -0.250 e. The summed E-state index contributed by atoms with van der Waals surface area (Å²) in [5, 5.41) is 0. The summed E-state index contributed by atoms with van der Waals surface area (Å²) in [5.74, 6) is 0. The Morgan fingerprint density at radius 3 is 2.33 bits per heavy atom. The molecule has 0 radical (unpaired) electrons. The van der Waals surface area contributed by atoms with Gasteiger partial charge in [-0.25, -0.2) is 0 Å². The minimum absolute atomic E-state index is 0.321. The van der Waals surface area contributed by atoms with Crippen LogP contribution < -0.4 is 0 Å². The van der Waals surface area contributed by atoms with Gasteiger partial charge in [0.05, 0.1) is 0 Å². The van der Waals surface area contributed by atoms with Crippen LogP contribution in [0.3, 0.4) is 0 Å². The molecule has 0 saturated heterocycles. The van der Waals surface area contributed by atoms with Crippen molar-refractivity contribution in [2.45, 2.75) is 0 Å². The van der Waals surface area contributed by atoms with Crippen molar-refractivity contribution in [2.24, 2.45) is 0 Å². The molecule has 0 amide bonds. The zero-order valence-corrected chi connectivity index (χ0v) is 6.01. The molecule has 0 aliphatic heterocycles. The summed E-state index contributed by atoms with van der Waals surface area (Å²) in [6, 6.07) is 0. The molecule has 0 heterocycles. The second kappa shape index (κ2) is 3.39. The van der Waals surface area contributed by atoms with Crippen LogP contribution in [-0.4, -0.2) is 15.4 Å². The number of hydrogen-bond acceptors (Lipinski definition) is 3. The lowest BCUT2D eigenvalue weighted by Gasteiger charge is -1.70. The van der Waals surface area contributed by atoms with E-state index in [9.17, 15) is 4.57 Å². The topological polar surface area (TPSA) is 55.8 Å². The second-order valence-corrected chi connectivity index (χ2v) is 1.44. The number of hydrogen-bond donors (Lipinski definition) is 1. The van der Waals surface area contributed by atoms with Gasteiger partial charge in [0.2, 0.25) is 0 Å². The molecule has 1 unspecified atom stereocenters. The summed E-state index contributed by atoms with van der Waals surface area (Å²) in [4.78, 5) is 7.74. The molecular weight excluding hydrogens is 123 g/mol. The lowest BCUT2D eigenvalue weighted by molar-refractivity contribution is -0.0947. The Hall–Kier alpha value is 0.197. The van der Waals surface area contributed by atoms with E-state index in [0.29, 0.717) is 10.5 Å². The zero-order chi connectivity index (χ0) is 4.99. The van der Waals surface area contributed by atoms with E-state index in [1.54, 1.807) is 0 Å². The van der Waals surface area contributed by atoms with Crippen molar-refractivity contribution in [3.05, 3.63) is 0 Å². The van der Waals surface area contributed by atoms with E-state index in [1.165, 1.54) is 0 Å². The molecule has 0 fully saturated rings. The van der Waals surface area contributed by atoms with Crippen molar-refractivity contribution in [2.75, 3.05) is 0 Å². The first-order chi connectivity index (χ1) is 2.77. The SMILES string of the molecule is O=[P+](O)OO[SiH3]. The van der Waals surface area contributed by atoms with E-state index in [2.05, 4.69) is 9.25 Å². The summed E-state index contributed by atoms with van der Waals surface area (Å²) in [6.45, 7) is 0. The average Bonchev–Trinajstić information content (AvgIpc) is 1.35. The smallest absolute Gasteiger partial charge is 0.250 e. The van der Waals surface area contributed by atoms with Gasteiger partial charge >= 0.3 is 8.25 Å². The summed E-state index contributed by atoms with van der Waals surface area (Å²) in [7, 11) is -2.22. The highest BCUT2D eigenvalue weighted by Gasteiger charge is 2.09. The van der Waals surface area contributed by atoms with Crippen LogP contribution in [0.1, 0.15) is 0 Å². The van der Waals surface area contributed by atoms with E-state index in [-0.39, 0.29) is 0 Å². The molecule has 0 saturated carbocycles. The third-order valence-electron chi connectivity index (χ3n) is 0.138. The highest BCUT2D eigenvalue weighted by molar-refractivity contribution is 7.31. The molecule has 6 heteroatoms. The van der Waals surface area contributed by atoms with Crippen LogP contribution in [-0.2, 0) is 13.8 Å². The van der Waals surface area contributed by atoms with E-state index in [4.69, 9.17) is 4.89 Å². The normalized spacial score (nSPS) is 11.8. The van der Waals surface area contributed by atoms with Crippen LogP contribution in [0.15, 0.2) is 0 Å². The first-order valence-corrected chi connectivity index (χ1v) is 3.09. The van der Waals surface area contributed by atoms with Gasteiger partial charge in [-0.15, -0.1) is 4.89 Å². The minimum atomic E-state index is -2.54. The lowest BCUT2D eigenvalue weighted by Crippen LogP contribution is -1.75. The quantitative estimate of drug-likeness (QED) is 0.220. The molecule has 0 aromatic rings. The molecule has 0 aromatic carbocycles. The molecule has 0 aromatic heterocycles. The first-order valence-electron chi connectivity index (χ1n) is 1.14. The van der Waals surface area contributed by atoms with E-state index < -0.39 is 8.25 Å². The van der Waals surface area contributed by atoms with Gasteiger partial charge in [0.1, 0.15) is 0 Å². The molecular formula is H4O4PSi+. The van der Waals surface area contributed by atoms with Crippen molar-refractivity contribution in [3.63, 3.8) is 0 Å². The van der Waals surface area contributed by atoms with Crippen LogP contribution in [0.5, 0.6) is 0 Å². The Bertz CT molecular complexity index is 51.5. The van der Waals surface area contributed by atoms with Gasteiger partial charge in [-0.05, 0) is 0 Å². The van der Waals surface area contributed by atoms with Gasteiger partial charge in [0.25, 0.3) is 0 Å². The molecule has 36 valence electrons. The molecule has 0 rings (SSSR count). The van der Waals surface area contributed by atoms with Crippen molar-refractivity contribution in [3.8, 4) is 0 Å². The maximum atomic E-state index is 9.42. The van der Waals surface area contributed by atoms with E-state index in [0.717, 1.165) is 0 Å². The van der Waals surface area contributed by atoms with Crippen molar-refractivity contribution in [1.82, 2.24) is 0 Å². The highest BCUT2D eigenvalue weighted by Crippen LogP contribution is 2.12. The van der Waals surface area contributed by atoms with Gasteiger partial charge < -0.3 is 0 Å². The standard InChI is InChI=1S/H3O4PSi/c1-5(2)3-4-6/h6H3/p+1. The van der Waals surface area contributed by atoms with Gasteiger partial charge in [-0.3, -0.25) is 4.58 Å². The van der Waals surface area contributed by atoms with E-state index in [1.807, 2.05) is 0 Å². The Morgan fingerprint density at radius 2 is 2.33 bits per heavy atom. The Labute approximate surface area is 38.5 Å². The van der Waals surface area contributed by atoms with Gasteiger partial charge in [0, 0.05) is 9.24 Å². The molecule has 0 aliphatic carbocycles. The molecule has 6 heavy (non-hydrogen) atoms. The Balaban J connectivity index is 2.83. The first kappa shape index (κ1) is 6.20. The summed E-state index contributed by atoms with van der Waals surface area (Å²) < 4.78 is 17.0. The fraction of sp³-hybridized carbons (Fsp3) is 0. The summed E-state index contributed by atoms with van der Waals surface area (Å²) in [6.07, 6.45) is 0. The third-order valence-corrected chi connectivity index (χ3v) is 0.862. The van der Waals surface area contributed by atoms with Gasteiger partial charge in [-0.1, -0.05) is 0 Å². The van der Waals surface area contributed by atoms with Crippen LogP contribution in [0.2, 0.25) is 0 Å². The molecule has 0 aliphatic rings. The fourth-order valence-corrected chi connectivity index (χ4v) is 0.574. The monoisotopic (exact) mass is 127 g/mol. The maximum absolute atomic E-state index is 9.42. The zero-order valence-electron chi connectivity index (χ0n) is 3.12. The summed E-state index contributed by atoms with van der Waals surface area (Å²) >= 11 is 0. The van der Waals surface area contributed by atoms with Crippen LogP contribution >= 0.6 is 8.25 Å². The van der Waals surface area contributed by atoms with Crippen LogP contribution in [0.4, 0.5) is 0 Å². The second-order valence-electron chi connectivity index (χ2n) is 0.479. The number of rotatable bonds is 2. The van der Waals surface area contributed by atoms with E-state index >= 15 is 0 Å². The fourth-order valence-electron chi connectivity index (χ4n) is 0.0638. The Morgan fingerprint density at radius 1 is 1.83 bits per heavy atom. The van der Waals surface area contributed by atoms with Crippen molar-refractivity contribution >= 4 is 18.7 Å². The molecule has 0 bridgehead atoms. The Kier molecular flexibility index (Phi) is 3.50. The third kappa shape index (κ3) is 4.20. The average molecular weight is 127 g/mol. The molecule has 4 nitrogen and oxygen atoms in total. The summed E-state index contributed by atoms with van der Waals surface area (Å²) in [5.41, 5.74) is 0. The van der Waals surface area contributed by atoms with Crippen molar-refractivity contribution in [1.29, 1.82) is 0 Å². The predicted octanol–water partition coefficient (Wildman–Crippen LogP) is -1.14. The van der Waals surface area contributed by atoms with Crippen molar-refractivity contribution < 1.29 is 18.7 Å². The predicted molar refractivity (Wildman–Crippen MR) is 21.9 cm³/mol. The van der Waals surface area contributed by atoms with Crippen LogP contribution in [0.25, 0.3) is 0 Å². The van der Waals surface area contributed by atoms with Crippen LogP contribution in [0, 0.1) is 0 Å². The lowest BCUT2D eigenvalue weighted by atomic mass is 14.9. The largest absolute Gasteiger partial charge is 0.724 e. The molecule has 0 spiro atoms.